The zero-order valence-corrected chi connectivity index (χ0v) is 8.62. The van der Waals surface area contributed by atoms with E-state index in [0.717, 1.165) is 43.4 Å². The summed E-state index contributed by atoms with van der Waals surface area (Å²) in [6, 6.07) is 0. The van der Waals surface area contributed by atoms with Gasteiger partial charge < -0.3 is 11.2 Å². The molecule has 0 aromatic rings. The van der Waals surface area contributed by atoms with Gasteiger partial charge in [0.15, 0.2) is 0 Å². The molecule has 0 aromatic heterocycles. The molecule has 3 heteroatoms. The topological polar surface area (TPSA) is 9.23 Å². The Kier molecular flexibility index (Phi) is 8.73. The van der Waals surface area contributed by atoms with Crippen molar-refractivity contribution in [3.8, 4) is 0 Å². The van der Waals surface area contributed by atoms with Crippen LogP contribution in [0.1, 0.15) is 12.8 Å². The van der Waals surface area contributed by atoms with Crippen molar-refractivity contribution in [1.29, 1.82) is 0 Å². The molecule has 1 saturated heterocycles. The van der Waals surface area contributed by atoms with Crippen LogP contribution in [-0.4, -0.2) is 13.2 Å². The van der Waals surface area contributed by atoms with E-state index in [1.54, 1.807) is 0 Å². The Morgan fingerprint density at radius 2 is 1.75 bits per heavy atom. The van der Waals surface area contributed by atoms with E-state index < -0.39 is 0 Å². The molecule has 8 heavy (non-hydrogen) atoms. The Balaban J connectivity index is 0.000000222. The number of halogens is 1. The summed E-state index contributed by atoms with van der Waals surface area (Å²) >= 11 is 0.847. The molecule has 0 unspecified atom stereocenters. The molecule has 1 nitrogen and oxygen atoms in total. The van der Waals surface area contributed by atoms with Crippen molar-refractivity contribution < 1.29 is 22.0 Å². The van der Waals surface area contributed by atoms with Gasteiger partial charge in [-0.25, -0.2) is 0 Å². The van der Waals surface area contributed by atoms with Crippen LogP contribution >= 0.6 is 9.69 Å². The molecule has 0 radical (unpaired) electrons. The normalized spacial score (nSPS) is 18.9. The van der Waals surface area contributed by atoms with Gasteiger partial charge in [0.05, 0.1) is 0 Å². The second-order valence-corrected chi connectivity index (χ2v) is 1.48. The molecule has 1 heterocycles. The molecular formula is C5H9ClOZn. The summed E-state index contributed by atoms with van der Waals surface area (Å²) in [6.07, 6.45) is 4.57. The summed E-state index contributed by atoms with van der Waals surface area (Å²) in [5.41, 5.74) is 0. The molecule has 1 rings (SSSR count). The third-order valence-corrected chi connectivity index (χ3v) is 0.933. The maximum absolute atomic E-state index is 5.04. The molecule has 0 aromatic carbocycles. The third kappa shape index (κ3) is 5.02. The fourth-order valence-electron chi connectivity index (χ4n) is 0.580. The fourth-order valence-corrected chi connectivity index (χ4v) is 0.580. The molecule has 0 N–H and O–H groups in total. The van der Waals surface area contributed by atoms with Crippen LogP contribution in [0.5, 0.6) is 0 Å². The van der Waals surface area contributed by atoms with E-state index in [1.165, 1.54) is 0 Å². The van der Waals surface area contributed by atoms with Crippen molar-refractivity contribution >= 4 is 9.69 Å². The van der Waals surface area contributed by atoms with Crippen LogP contribution < -0.4 is 0 Å². The van der Waals surface area contributed by atoms with E-state index in [9.17, 15) is 0 Å². The van der Waals surface area contributed by atoms with Crippen molar-refractivity contribution in [1.82, 2.24) is 0 Å². The van der Waals surface area contributed by atoms with Gasteiger partial charge in [0.1, 0.15) is 0 Å². The van der Waals surface area contributed by atoms with Crippen LogP contribution in [-0.2, 0) is 22.0 Å². The summed E-state index contributed by atoms with van der Waals surface area (Å²) in [5.74, 6) is 0. The quantitative estimate of drug-likeness (QED) is 0.413. The Morgan fingerprint density at radius 3 is 1.88 bits per heavy atom. The zero-order chi connectivity index (χ0) is 6.24. The Hall–Kier alpha value is 0.873. The first kappa shape index (κ1) is 8.87. The molecule has 1 aliphatic rings. The molecule has 0 amide bonds. The van der Waals surface area contributed by atoms with Gasteiger partial charge in [0, 0.05) is 13.2 Å². The first-order chi connectivity index (χ1) is 4.00. The van der Waals surface area contributed by atoms with Crippen molar-refractivity contribution in [3.63, 3.8) is 0 Å². The van der Waals surface area contributed by atoms with Crippen molar-refractivity contribution in [3.05, 3.63) is 6.42 Å². The second kappa shape index (κ2) is 7.87. The summed E-state index contributed by atoms with van der Waals surface area (Å²) in [4.78, 5) is 0. The Labute approximate surface area is 64.5 Å². The first-order valence-electron chi connectivity index (χ1n) is 2.66. The molecule has 0 aliphatic carbocycles. The predicted molar refractivity (Wildman–Crippen MR) is 30.2 cm³/mol. The Morgan fingerprint density at radius 1 is 1.25 bits per heavy atom. The Bertz CT molecular complexity index is 27.9. The third-order valence-electron chi connectivity index (χ3n) is 0.933. The maximum atomic E-state index is 5.04. The van der Waals surface area contributed by atoms with Crippen molar-refractivity contribution in [2.24, 2.45) is 0 Å². The SMILES string of the molecule is [CH-]1CCOCC1.[Cl][Zn+]. The van der Waals surface area contributed by atoms with E-state index in [2.05, 4.69) is 6.42 Å². The van der Waals surface area contributed by atoms with Crippen LogP contribution in [0, 0.1) is 6.42 Å². The molecule has 1 aliphatic heterocycles. The van der Waals surface area contributed by atoms with E-state index >= 15 is 0 Å². The first-order valence-corrected chi connectivity index (χ1v) is 6.56. The van der Waals surface area contributed by atoms with Crippen LogP contribution in [0.4, 0.5) is 0 Å². The minimum absolute atomic E-state index is 0.847. The second-order valence-electron chi connectivity index (χ2n) is 1.48. The van der Waals surface area contributed by atoms with Crippen LogP contribution in [0.2, 0.25) is 0 Å². The van der Waals surface area contributed by atoms with Crippen LogP contribution in [0.3, 0.4) is 0 Å². The van der Waals surface area contributed by atoms with Gasteiger partial charge in [-0.1, -0.05) is 0 Å². The van der Waals surface area contributed by atoms with E-state index in [-0.39, 0.29) is 0 Å². The van der Waals surface area contributed by atoms with Gasteiger partial charge in [-0.05, 0) is 0 Å². The molecule has 0 saturated carbocycles. The molecule has 44 valence electrons. The molecule has 0 spiro atoms. The zero-order valence-electron chi connectivity index (χ0n) is 4.90. The van der Waals surface area contributed by atoms with Gasteiger partial charge in [0.2, 0.25) is 0 Å². The number of rotatable bonds is 0. The number of hydrogen-bond donors (Lipinski definition) is 0. The standard InChI is InChI=1S/C5H9O.ClH.Zn/c1-2-4-6-5-3-1;;/h1H,2-5H2;1H;/q-1;;+2/p-1. The van der Waals surface area contributed by atoms with Crippen molar-refractivity contribution in [2.45, 2.75) is 12.8 Å². The molecule has 0 bridgehead atoms. The van der Waals surface area contributed by atoms with E-state index in [0.29, 0.717) is 0 Å². The van der Waals surface area contributed by atoms with E-state index in [4.69, 9.17) is 14.4 Å². The average molecular weight is 186 g/mol. The van der Waals surface area contributed by atoms with Gasteiger partial charge in [0.25, 0.3) is 0 Å². The average Bonchev–Trinajstić information content (AvgIpc) is 1.96. The molecular weight excluding hydrogens is 177 g/mol. The van der Waals surface area contributed by atoms with E-state index in [1.807, 2.05) is 0 Å². The summed E-state index contributed by atoms with van der Waals surface area (Å²) < 4.78 is 5.04. The van der Waals surface area contributed by atoms with Gasteiger partial charge in [-0.15, -0.1) is 0 Å². The molecule has 1 fully saturated rings. The van der Waals surface area contributed by atoms with Gasteiger partial charge in [-0.2, -0.15) is 12.8 Å². The monoisotopic (exact) mass is 184 g/mol. The summed E-state index contributed by atoms with van der Waals surface area (Å²) in [5, 5.41) is 0. The predicted octanol–water partition coefficient (Wildman–Crippen LogP) is 1.69. The number of ether oxygens (including phenoxy) is 1. The van der Waals surface area contributed by atoms with Gasteiger partial charge >= 0.3 is 27.0 Å². The van der Waals surface area contributed by atoms with Crippen LogP contribution in [0.15, 0.2) is 0 Å². The van der Waals surface area contributed by atoms with Gasteiger partial charge in [-0.3, -0.25) is 0 Å². The van der Waals surface area contributed by atoms with Crippen molar-refractivity contribution in [2.75, 3.05) is 13.2 Å². The number of hydrogen-bond acceptors (Lipinski definition) is 1. The summed E-state index contributed by atoms with van der Waals surface area (Å²) in [6.45, 7) is 1.89. The van der Waals surface area contributed by atoms with Crippen LogP contribution in [0.25, 0.3) is 0 Å². The fraction of sp³-hybridized carbons (Fsp3) is 0.800. The molecule has 0 atom stereocenters. The minimum atomic E-state index is 0.847. The summed E-state index contributed by atoms with van der Waals surface area (Å²) in [7, 11) is 4.76.